The minimum atomic E-state index is -1.07. The van der Waals surface area contributed by atoms with E-state index in [1.807, 2.05) is 6.92 Å². The second-order valence-electron chi connectivity index (χ2n) is 4.64. The average molecular weight is 241 g/mol. The van der Waals surface area contributed by atoms with E-state index in [-0.39, 0.29) is 22.7 Å². The third kappa shape index (κ3) is 3.56. The van der Waals surface area contributed by atoms with E-state index in [1.165, 1.54) is 13.8 Å². The van der Waals surface area contributed by atoms with Gasteiger partial charge < -0.3 is 15.2 Å². The highest BCUT2D eigenvalue weighted by Gasteiger charge is 2.30. The van der Waals surface area contributed by atoms with E-state index in [4.69, 9.17) is 9.84 Å². The molecule has 96 valence electrons. The first kappa shape index (κ1) is 13.7. The lowest BCUT2D eigenvalue weighted by atomic mass is 10.0. The second-order valence-corrected chi connectivity index (χ2v) is 4.64. The molecule has 5 heteroatoms. The Hall–Kier alpha value is -1.36. The first-order chi connectivity index (χ1) is 7.86. The molecule has 17 heavy (non-hydrogen) atoms. The smallest absolute Gasteiger partial charge is 0.331 e. The number of ether oxygens (including phenoxy) is 1. The van der Waals surface area contributed by atoms with Gasteiger partial charge in [-0.25, -0.2) is 4.79 Å². The van der Waals surface area contributed by atoms with Crippen molar-refractivity contribution in [2.75, 3.05) is 13.2 Å². The van der Waals surface area contributed by atoms with Crippen molar-refractivity contribution in [2.24, 2.45) is 0 Å². The van der Waals surface area contributed by atoms with Gasteiger partial charge in [0.25, 0.3) is 0 Å². The highest BCUT2D eigenvalue weighted by molar-refractivity contribution is 6.01. The molecule has 0 aromatic rings. The van der Waals surface area contributed by atoms with Crippen LogP contribution in [0.2, 0.25) is 0 Å². The van der Waals surface area contributed by atoms with Crippen molar-refractivity contribution >= 4 is 11.9 Å². The summed E-state index contributed by atoms with van der Waals surface area (Å²) in [6, 6.07) is 0. The Morgan fingerprint density at radius 3 is 2.47 bits per heavy atom. The molecule has 5 nitrogen and oxygen atoms in total. The summed E-state index contributed by atoms with van der Waals surface area (Å²) in [4.78, 5) is 22.4. The van der Waals surface area contributed by atoms with Crippen LogP contribution in [0.4, 0.5) is 0 Å². The Morgan fingerprint density at radius 1 is 1.35 bits per heavy atom. The fourth-order valence-corrected chi connectivity index (χ4v) is 1.71. The van der Waals surface area contributed by atoms with Crippen molar-refractivity contribution < 1.29 is 19.4 Å². The van der Waals surface area contributed by atoms with Crippen LogP contribution in [0.25, 0.3) is 0 Å². The van der Waals surface area contributed by atoms with Gasteiger partial charge in [0.15, 0.2) is 0 Å². The van der Waals surface area contributed by atoms with Crippen LogP contribution in [0.3, 0.4) is 0 Å². The summed E-state index contributed by atoms with van der Waals surface area (Å²) >= 11 is 0. The Kier molecular flexibility index (Phi) is 4.28. The normalized spacial score (nSPS) is 25.4. The SMILES string of the molecule is CC(C(=O)O)=C(C)C(=O)NCC1(C)CCCO1. The van der Waals surface area contributed by atoms with E-state index in [0.717, 1.165) is 19.4 Å². The van der Waals surface area contributed by atoms with Gasteiger partial charge in [-0.3, -0.25) is 4.79 Å². The summed E-state index contributed by atoms with van der Waals surface area (Å²) in [6.07, 6.45) is 1.91. The molecule has 1 amide bonds. The van der Waals surface area contributed by atoms with Crippen molar-refractivity contribution in [2.45, 2.75) is 39.2 Å². The number of carboxylic acid groups (broad SMARTS) is 1. The van der Waals surface area contributed by atoms with Crippen molar-refractivity contribution in [1.29, 1.82) is 0 Å². The molecule has 1 heterocycles. The Bertz CT molecular complexity index is 354. The third-order valence-electron chi connectivity index (χ3n) is 3.15. The van der Waals surface area contributed by atoms with Gasteiger partial charge >= 0.3 is 5.97 Å². The van der Waals surface area contributed by atoms with Gasteiger partial charge in [-0.15, -0.1) is 0 Å². The van der Waals surface area contributed by atoms with Crippen LogP contribution in [0, 0.1) is 0 Å². The molecule has 0 radical (unpaired) electrons. The molecule has 1 aliphatic heterocycles. The van der Waals surface area contributed by atoms with Gasteiger partial charge in [-0.05, 0) is 33.6 Å². The van der Waals surface area contributed by atoms with Crippen LogP contribution in [0.1, 0.15) is 33.6 Å². The number of aliphatic carboxylic acids is 1. The number of rotatable bonds is 4. The average Bonchev–Trinajstić information content (AvgIpc) is 2.71. The quantitative estimate of drug-likeness (QED) is 0.722. The van der Waals surface area contributed by atoms with Crippen molar-refractivity contribution in [3.8, 4) is 0 Å². The number of carboxylic acids is 1. The molecule has 1 saturated heterocycles. The summed E-state index contributed by atoms with van der Waals surface area (Å²) in [7, 11) is 0. The lowest BCUT2D eigenvalue weighted by molar-refractivity contribution is -0.133. The van der Waals surface area contributed by atoms with Crippen LogP contribution in [-0.4, -0.2) is 35.7 Å². The zero-order chi connectivity index (χ0) is 13.1. The number of hydrogen-bond donors (Lipinski definition) is 2. The Balaban J connectivity index is 2.55. The molecule has 1 fully saturated rings. The maximum atomic E-state index is 11.7. The largest absolute Gasteiger partial charge is 0.478 e. The summed E-state index contributed by atoms with van der Waals surface area (Å²) in [5.74, 6) is -1.41. The zero-order valence-electron chi connectivity index (χ0n) is 10.5. The number of nitrogens with one attached hydrogen (secondary N) is 1. The molecule has 0 aromatic heterocycles. The standard InChI is InChI=1S/C12H19NO4/c1-8(9(2)11(15)16)10(14)13-7-12(3)5-4-6-17-12/h4-7H2,1-3H3,(H,13,14)(H,15,16). The predicted octanol–water partition coefficient (Wildman–Crippen LogP) is 1.09. The van der Waals surface area contributed by atoms with Gasteiger partial charge in [-0.1, -0.05) is 0 Å². The first-order valence-electron chi connectivity index (χ1n) is 5.69. The second kappa shape index (κ2) is 5.31. The molecule has 1 unspecified atom stereocenters. The topological polar surface area (TPSA) is 75.6 Å². The van der Waals surface area contributed by atoms with Crippen LogP contribution in [0.5, 0.6) is 0 Å². The third-order valence-corrected chi connectivity index (χ3v) is 3.15. The van der Waals surface area contributed by atoms with E-state index in [9.17, 15) is 9.59 Å². The minimum Gasteiger partial charge on any atom is -0.478 e. The minimum absolute atomic E-state index is 0.0694. The van der Waals surface area contributed by atoms with Crippen molar-refractivity contribution in [1.82, 2.24) is 5.32 Å². The molecule has 1 rings (SSSR count). The molecular weight excluding hydrogens is 222 g/mol. The van der Waals surface area contributed by atoms with Crippen LogP contribution >= 0.6 is 0 Å². The number of carbonyl (C=O) groups excluding carboxylic acids is 1. The molecule has 1 aliphatic rings. The van der Waals surface area contributed by atoms with E-state index in [0.29, 0.717) is 6.54 Å². The summed E-state index contributed by atoms with van der Waals surface area (Å²) in [5, 5.41) is 11.5. The van der Waals surface area contributed by atoms with Crippen molar-refractivity contribution in [3.63, 3.8) is 0 Å². The van der Waals surface area contributed by atoms with E-state index < -0.39 is 5.97 Å². The maximum Gasteiger partial charge on any atom is 0.331 e. The van der Waals surface area contributed by atoms with Crippen molar-refractivity contribution in [3.05, 3.63) is 11.1 Å². The highest BCUT2D eigenvalue weighted by Crippen LogP contribution is 2.23. The molecule has 0 aromatic carbocycles. The number of hydrogen-bond acceptors (Lipinski definition) is 3. The Morgan fingerprint density at radius 2 is 2.00 bits per heavy atom. The summed E-state index contributed by atoms with van der Waals surface area (Å²) in [5.41, 5.74) is -0.00772. The van der Waals surface area contributed by atoms with Crippen LogP contribution < -0.4 is 5.32 Å². The molecule has 0 saturated carbocycles. The monoisotopic (exact) mass is 241 g/mol. The molecule has 0 bridgehead atoms. The highest BCUT2D eigenvalue weighted by atomic mass is 16.5. The molecule has 0 aliphatic carbocycles. The predicted molar refractivity (Wildman–Crippen MR) is 62.6 cm³/mol. The fraction of sp³-hybridized carbons (Fsp3) is 0.667. The first-order valence-corrected chi connectivity index (χ1v) is 5.69. The van der Waals surface area contributed by atoms with Crippen LogP contribution in [0.15, 0.2) is 11.1 Å². The van der Waals surface area contributed by atoms with E-state index in [2.05, 4.69) is 5.32 Å². The lowest BCUT2D eigenvalue weighted by Crippen LogP contribution is -2.40. The molecule has 1 atom stereocenters. The summed E-state index contributed by atoms with van der Waals surface area (Å²) < 4.78 is 5.53. The summed E-state index contributed by atoms with van der Waals surface area (Å²) in [6.45, 7) is 6.01. The van der Waals surface area contributed by atoms with E-state index in [1.54, 1.807) is 0 Å². The van der Waals surface area contributed by atoms with Gasteiger partial charge in [-0.2, -0.15) is 0 Å². The zero-order valence-corrected chi connectivity index (χ0v) is 10.5. The van der Waals surface area contributed by atoms with Gasteiger partial charge in [0.2, 0.25) is 5.91 Å². The maximum absolute atomic E-state index is 11.7. The lowest BCUT2D eigenvalue weighted by Gasteiger charge is -2.23. The number of amides is 1. The number of carbonyl (C=O) groups is 2. The Labute approximate surface area is 101 Å². The molecular formula is C12H19NO4. The molecule has 0 spiro atoms. The van der Waals surface area contributed by atoms with Gasteiger partial charge in [0, 0.05) is 24.3 Å². The molecule has 2 N–H and O–H groups in total. The van der Waals surface area contributed by atoms with Gasteiger partial charge in [0.05, 0.1) is 5.60 Å². The van der Waals surface area contributed by atoms with Gasteiger partial charge in [0.1, 0.15) is 0 Å². The van der Waals surface area contributed by atoms with E-state index >= 15 is 0 Å². The fourth-order valence-electron chi connectivity index (χ4n) is 1.71. The van der Waals surface area contributed by atoms with Crippen LogP contribution in [-0.2, 0) is 14.3 Å².